The quantitative estimate of drug-likeness (QED) is 0.511. The summed E-state index contributed by atoms with van der Waals surface area (Å²) in [6.45, 7) is 1.50. The SMILES string of the molecule is CNCC(=O)NC1CN(C(=O)NC)C1. The molecule has 6 heteroatoms. The number of rotatable bonds is 3. The maximum atomic E-state index is 11.1. The minimum atomic E-state index is -0.0934. The molecule has 0 aromatic rings. The lowest BCUT2D eigenvalue weighted by molar-refractivity contribution is -0.121. The van der Waals surface area contributed by atoms with E-state index in [4.69, 9.17) is 0 Å². The molecule has 14 heavy (non-hydrogen) atoms. The summed E-state index contributed by atoms with van der Waals surface area (Å²) in [5.41, 5.74) is 0. The van der Waals surface area contributed by atoms with Crippen LogP contribution in [0.4, 0.5) is 4.79 Å². The summed E-state index contributed by atoms with van der Waals surface area (Å²) in [4.78, 5) is 23.8. The van der Waals surface area contributed by atoms with Crippen LogP contribution in [0.15, 0.2) is 0 Å². The number of urea groups is 1. The third-order valence-corrected chi connectivity index (χ3v) is 2.09. The van der Waals surface area contributed by atoms with E-state index in [0.717, 1.165) is 0 Å². The zero-order valence-electron chi connectivity index (χ0n) is 8.46. The maximum Gasteiger partial charge on any atom is 0.317 e. The molecule has 6 nitrogen and oxygen atoms in total. The van der Waals surface area contributed by atoms with E-state index in [1.807, 2.05) is 0 Å². The lowest BCUT2D eigenvalue weighted by atomic mass is 10.1. The Hall–Kier alpha value is -1.30. The van der Waals surface area contributed by atoms with Gasteiger partial charge in [-0.05, 0) is 7.05 Å². The molecular weight excluding hydrogens is 184 g/mol. The van der Waals surface area contributed by atoms with Crippen molar-refractivity contribution in [3.05, 3.63) is 0 Å². The Labute approximate surface area is 83.0 Å². The molecule has 0 unspecified atom stereocenters. The Morgan fingerprint density at radius 2 is 2.00 bits per heavy atom. The Morgan fingerprint density at radius 1 is 1.36 bits per heavy atom. The summed E-state index contributed by atoms with van der Waals surface area (Å²) in [5.74, 6) is -0.0333. The molecule has 0 bridgehead atoms. The first-order valence-electron chi connectivity index (χ1n) is 4.58. The van der Waals surface area contributed by atoms with Gasteiger partial charge >= 0.3 is 6.03 Å². The van der Waals surface area contributed by atoms with Crippen molar-refractivity contribution in [3.63, 3.8) is 0 Å². The van der Waals surface area contributed by atoms with Gasteiger partial charge in [0.15, 0.2) is 0 Å². The van der Waals surface area contributed by atoms with E-state index in [-0.39, 0.29) is 18.0 Å². The third-order valence-electron chi connectivity index (χ3n) is 2.09. The van der Waals surface area contributed by atoms with Crippen molar-refractivity contribution < 1.29 is 9.59 Å². The predicted molar refractivity (Wildman–Crippen MR) is 51.9 cm³/mol. The summed E-state index contributed by atoms with van der Waals surface area (Å²) in [6.07, 6.45) is 0. The average Bonchev–Trinajstić information content (AvgIpc) is 2.10. The van der Waals surface area contributed by atoms with Gasteiger partial charge in [-0.25, -0.2) is 4.79 Å². The maximum absolute atomic E-state index is 11.1. The van der Waals surface area contributed by atoms with Crippen molar-refractivity contribution in [2.75, 3.05) is 33.7 Å². The highest BCUT2D eigenvalue weighted by Crippen LogP contribution is 2.06. The number of hydrogen-bond acceptors (Lipinski definition) is 3. The molecule has 3 N–H and O–H groups in total. The highest BCUT2D eigenvalue weighted by Gasteiger charge is 2.30. The van der Waals surface area contributed by atoms with E-state index in [1.54, 1.807) is 19.0 Å². The average molecular weight is 200 g/mol. The zero-order chi connectivity index (χ0) is 10.6. The predicted octanol–water partition coefficient (Wildman–Crippen LogP) is -1.65. The van der Waals surface area contributed by atoms with Crippen LogP contribution in [0, 0.1) is 0 Å². The molecule has 0 radical (unpaired) electrons. The van der Waals surface area contributed by atoms with Gasteiger partial charge in [0.2, 0.25) is 5.91 Å². The summed E-state index contributed by atoms with van der Waals surface area (Å²) in [7, 11) is 3.31. The number of likely N-dealkylation sites (tertiary alicyclic amines) is 1. The van der Waals surface area contributed by atoms with Crippen LogP contribution in [0.5, 0.6) is 0 Å². The smallest absolute Gasteiger partial charge is 0.317 e. The Morgan fingerprint density at radius 3 is 2.50 bits per heavy atom. The van der Waals surface area contributed by atoms with Gasteiger partial charge in [-0.1, -0.05) is 0 Å². The molecule has 1 fully saturated rings. The molecular formula is C8H16N4O2. The van der Waals surface area contributed by atoms with Gasteiger partial charge in [0.25, 0.3) is 0 Å². The molecule has 3 amide bonds. The minimum absolute atomic E-state index is 0.0333. The molecule has 80 valence electrons. The third kappa shape index (κ3) is 2.59. The van der Waals surface area contributed by atoms with E-state index in [2.05, 4.69) is 16.0 Å². The van der Waals surface area contributed by atoms with Gasteiger partial charge in [0.1, 0.15) is 0 Å². The molecule has 0 atom stereocenters. The summed E-state index contributed by atoms with van der Waals surface area (Å²) in [5, 5.41) is 8.09. The first-order valence-corrected chi connectivity index (χ1v) is 4.58. The van der Waals surface area contributed by atoms with Gasteiger partial charge in [-0.2, -0.15) is 0 Å². The molecule has 1 aliphatic heterocycles. The van der Waals surface area contributed by atoms with Crippen molar-refractivity contribution in [2.45, 2.75) is 6.04 Å². The number of likely N-dealkylation sites (N-methyl/N-ethyl adjacent to an activating group) is 1. The van der Waals surface area contributed by atoms with Crippen molar-refractivity contribution in [1.29, 1.82) is 0 Å². The number of amides is 3. The second-order valence-electron chi connectivity index (χ2n) is 3.25. The topological polar surface area (TPSA) is 73.5 Å². The summed E-state index contributed by atoms with van der Waals surface area (Å²) < 4.78 is 0. The van der Waals surface area contributed by atoms with Crippen molar-refractivity contribution in [1.82, 2.24) is 20.9 Å². The zero-order valence-corrected chi connectivity index (χ0v) is 8.46. The fourth-order valence-electron chi connectivity index (χ4n) is 1.33. The Balaban J connectivity index is 2.15. The van der Waals surface area contributed by atoms with Gasteiger partial charge in [0, 0.05) is 20.1 Å². The molecule has 0 spiro atoms. The minimum Gasteiger partial charge on any atom is -0.349 e. The van der Waals surface area contributed by atoms with Crippen LogP contribution in [-0.4, -0.2) is 56.6 Å². The van der Waals surface area contributed by atoms with Gasteiger partial charge in [-0.3, -0.25) is 4.79 Å². The van der Waals surface area contributed by atoms with E-state index in [0.29, 0.717) is 19.6 Å². The monoisotopic (exact) mass is 200 g/mol. The van der Waals surface area contributed by atoms with Gasteiger partial charge in [0.05, 0.1) is 12.6 Å². The first kappa shape index (κ1) is 10.8. The largest absolute Gasteiger partial charge is 0.349 e. The van der Waals surface area contributed by atoms with E-state index in [1.165, 1.54) is 0 Å². The van der Waals surface area contributed by atoms with Crippen LogP contribution in [0.2, 0.25) is 0 Å². The molecule has 0 aliphatic carbocycles. The highest BCUT2D eigenvalue weighted by atomic mass is 16.2. The molecule has 0 aromatic carbocycles. The molecule has 0 aromatic heterocycles. The molecule has 1 aliphatic rings. The summed E-state index contributed by atoms with van der Waals surface area (Å²) in [6, 6.07) is 0.0114. The van der Waals surface area contributed by atoms with Gasteiger partial charge < -0.3 is 20.9 Å². The number of nitrogens with one attached hydrogen (secondary N) is 3. The summed E-state index contributed by atoms with van der Waals surface area (Å²) >= 11 is 0. The van der Waals surface area contributed by atoms with E-state index < -0.39 is 0 Å². The van der Waals surface area contributed by atoms with Crippen LogP contribution in [0.3, 0.4) is 0 Å². The van der Waals surface area contributed by atoms with Crippen molar-refractivity contribution >= 4 is 11.9 Å². The normalized spacial score (nSPS) is 16.0. The second-order valence-corrected chi connectivity index (χ2v) is 3.25. The van der Waals surface area contributed by atoms with E-state index >= 15 is 0 Å². The molecule has 1 heterocycles. The molecule has 1 rings (SSSR count). The lowest BCUT2D eigenvalue weighted by Crippen LogP contribution is -2.63. The number of nitrogens with zero attached hydrogens (tertiary/aromatic N) is 1. The first-order chi connectivity index (χ1) is 6.67. The molecule has 1 saturated heterocycles. The van der Waals surface area contributed by atoms with E-state index in [9.17, 15) is 9.59 Å². The lowest BCUT2D eigenvalue weighted by Gasteiger charge is -2.39. The fourth-order valence-corrected chi connectivity index (χ4v) is 1.33. The Kier molecular flexibility index (Phi) is 3.70. The number of carbonyl (C=O) groups is 2. The highest BCUT2D eigenvalue weighted by molar-refractivity contribution is 5.79. The van der Waals surface area contributed by atoms with Crippen LogP contribution in [-0.2, 0) is 4.79 Å². The van der Waals surface area contributed by atoms with Crippen molar-refractivity contribution in [3.8, 4) is 0 Å². The standard InChI is InChI=1S/C8H16N4O2/c1-9-3-7(13)11-6-4-12(5-6)8(14)10-2/h6,9H,3-5H2,1-2H3,(H,10,14)(H,11,13). The van der Waals surface area contributed by atoms with Gasteiger partial charge in [-0.15, -0.1) is 0 Å². The van der Waals surface area contributed by atoms with Crippen molar-refractivity contribution in [2.24, 2.45) is 0 Å². The van der Waals surface area contributed by atoms with Crippen LogP contribution in [0.1, 0.15) is 0 Å². The fraction of sp³-hybridized carbons (Fsp3) is 0.750. The van der Waals surface area contributed by atoms with Crippen LogP contribution < -0.4 is 16.0 Å². The van der Waals surface area contributed by atoms with Crippen LogP contribution in [0.25, 0.3) is 0 Å². The molecule has 0 saturated carbocycles. The second kappa shape index (κ2) is 4.80. The number of hydrogen-bond donors (Lipinski definition) is 3. The number of carbonyl (C=O) groups excluding carboxylic acids is 2. The van der Waals surface area contributed by atoms with Crippen LogP contribution >= 0.6 is 0 Å². The Bertz CT molecular complexity index is 225.